The van der Waals surface area contributed by atoms with Crippen molar-refractivity contribution < 1.29 is 9.53 Å². The summed E-state index contributed by atoms with van der Waals surface area (Å²) in [4.78, 5) is 20.9. The molecule has 0 bridgehead atoms. The first-order valence-electron chi connectivity index (χ1n) is 10.6. The van der Waals surface area contributed by atoms with Crippen molar-refractivity contribution in [3.05, 3.63) is 41.9 Å². The third-order valence-electron chi connectivity index (χ3n) is 5.62. The van der Waals surface area contributed by atoms with Gasteiger partial charge < -0.3 is 14.5 Å². The number of carbonyl (C=O) groups is 1. The van der Waals surface area contributed by atoms with E-state index in [1.165, 1.54) is 12.8 Å². The molecule has 1 saturated carbocycles. The lowest BCUT2D eigenvalue weighted by Crippen LogP contribution is -2.31. The second-order valence-electron chi connectivity index (χ2n) is 7.75. The maximum atomic E-state index is 11.8. The number of pyridine rings is 1. The highest BCUT2D eigenvalue weighted by molar-refractivity contribution is 5.89. The summed E-state index contributed by atoms with van der Waals surface area (Å²) in [5.74, 6) is 2.99. The van der Waals surface area contributed by atoms with E-state index in [-0.39, 0.29) is 5.97 Å². The standard InChI is InChI=1S/C21H25N7O2/c1-2-30-21(29)16-6-7-17(22-14-16)26-10-3-11-27(13-12-26)19-9-8-18-23-24-20(15-4-5-15)28(18)25-19/h6-9,14-15H,2-5,10-13H2,1H3. The van der Waals surface area contributed by atoms with Gasteiger partial charge in [-0.15, -0.1) is 15.3 Å². The van der Waals surface area contributed by atoms with Crippen LogP contribution in [-0.2, 0) is 4.74 Å². The second kappa shape index (κ2) is 7.89. The molecule has 30 heavy (non-hydrogen) atoms. The van der Waals surface area contributed by atoms with E-state index in [1.807, 2.05) is 22.7 Å². The van der Waals surface area contributed by atoms with Crippen molar-refractivity contribution >= 4 is 23.3 Å². The first-order valence-corrected chi connectivity index (χ1v) is 10.6. The summed E-state index contributed by atoms with van der Waals surface area (Å²) >= 11 is 0. The van der Waals surface area contributed by atoms with Gasteiger partial charge in [0.15, 0.2) is 11.5 Å². The molecule has 2 aliphatic rings. The zero-order valence-corrected chi connectivity index (χ0v) is 17.1. The van der Waals surface area contributed by atoms with Crippen LogP contribution in [0.2, 0.25) is 0 Å². The molecular formula is C21H25N7O2. The summed E-state index contributed by atoms with van der Waals surface area (Å²) in [6.45, 7) is 5.68. The smallest absolute Gasteiger partial charge is 0.339 e. The Kier molecular flexibility index (Phi) is 4.94. The molecule has 156 valence electrons. The lowest BCUT2D eigenvalue weighted by atomic mass is 10.2. The van der Waals surface area contributed by atoms with Crippen LogP contribution in [0.1, 0.15) is 48.3 Å². The molecule has 4 heterocycles. The van der Waals surface area contributed by atoms with Crippen LogP contribution in [0.4, 0.5) is 11.6 Å². The Balaban J connectivity index is 1.29. The summed E-state index contributed by atoms with van der Waals surface area (Å²) in [6.07, 6.45) is 4.94. The molecule has 0 atom stereocenters. The number of rotatable bonds is 5. The van der Waals surface area contributed by atoms with Crippen molar-refractivity contribution in [2.75, 3.05) is 42.6 Å². The average molecular weight is 407 g/mol. The van der Waals surface area contributed by atoms with E-state index in [0.717, 1.165) is 55.7 Å². The number of hydrogen-bond acceptors (Lipinski definition) is 8. The fraction of sp³-hybridized carbons (Fsp3) is 0.476. The molecule has 9 heteroatoms. The van der Waals surface area contributed by atoms with Crippen molar-refractivity contribution in [1.82, 2.24) is 24.8 Å². The quantitative estimate of drug-likeness (QED) is 0.595. The predicted molar refractivity (Wildman–Crippen MR) is 112 cm³/mol. The van der Waals surface area contributed by atoms with Gasteiger partial charge in [0.05, 0.1) is 12.2 Å². The van der Waals surface area contributed by atoms with Gasteiger partial charge in [0.1, 0.15) is 11.6 Å². The average Bonchev–Trinajstić information content (AvgIpc) is 3.57. The number of nitrogens with zero attached hydrogens (tertiary/aromatic N) is 7. The summed E-state index contributed by atoms with van der Waals surface area (Å²) in [6, 6.07) is 7.71. The third kappa shape index (κ3) is 3.67. The molecule has 1 aliphatic heterocycles. The van der Waals surface area contributed by atoms with E-state index >= 15 is 0 Å². The van der Waals surface area contributed by atoms with Crippen LogP contribution < -0.4 is 9.80 Å². The Bertz CT molecular complexity index is 1050. The first kappa shape index (κ1) is 18.8. The molecule has 0 amide bonds. The molecule has 0 spiro atoms. The fourth-order valence-corrected chi connectivity index (χ4v) is 3.84. The van der Waals surface area contributed by atoms with E-state index in [1.54, 1.807) is 19.2 Å². The molecule has 1 saturated heterocycles. The predicted octanol–water partition coefficient (Wildman–Crippen LogP) is 2.29. The molecule has 0 radical (unpaired) electrons. The van der Waals surface area contributed by atoms with E-state index in [2.05, 4.69) is 25.0 Å². The van der Waals surface area contributed by atoms with Crippen LogP contribution in [-0.4, -0.2) is 63.6 Å². The Hall–Kier alpha value is -3.23. The molecule has 0 unspecified atom stereocenters. The number of carbonyl (C=O) groups excluding carboxylic acids is 1. The minimum Gasteiger partial charge on any atom is -0.462 e. The van der Waals surface area contributed by atoms with Gasteiger partial charge in [-0.05, 0) is 50.5 Å². The van der Waals surface area contributed by atoms with Crippen LogP contribution in [0.15, 0.2) is 30.5 Å². The van der Waals surface area contributed by atoms with Gasteiger partial charge in [0, 0.05) is 38.3 Å². The normalized spacial score (nSPS) is 17.2. The second-order valence-corrected chi connectivity index (χ2v) is 7.75. The van der Waals surface area contributed by atoms with Crippen molar-refractivity contribution in [3.8, 4) is 0 Å². The maximum absolute atomic E-state index is 11.8. The van der Waals surface area contributed by atoms with Crippen LogP contribution >= 0.6 is 0 Å². The summed E-state index contributed by atoms with van der Waals surface area (Å²) in [5, 5.41) is 13.4. The van der Waals surface area contributed by atoms with Crippen LogP contribution in [0, 0.1) is 0 Å². The van der Waals surface area contributed by atoms with Gasteiger partial charge in [-0.2, -0.15) is 4.52 Å². The van der Waals surface area contributed by atoms with E-state index in [4.69, 9.17) is 9.84 Å². The van der Waals surface area contributed by atoms with E-state index < -0.39 is 0 Å². The van der Waals surface area contributed by atoms with Gasteiger partial charge in [-0.1, -0.05) is 0 Å². The first-order chi connectivity index (χ1) is 14.7. The van der Waals surface area contributed by atoms with Crippen LogP contribution in [0.25, 0.3) is 5.65 Å². The Morgan fingerprint density at radius 3 is 2.50 bits per heavy atom. The third-order valence-corrected chi connectivity index (χ3v) is 5.62. The lowest BCUT2D eigenvalue weighted by Gasteiger charge is -2.23. The molecule has 3 aromatic rings. The number of ether oxygens (including phenoxy) is 1. The Morgan fingerprint density at radius 2 is 1.80 bits per heavy atom. The maximum Gasteiger partial charge on any atom is 0.339 e. The number of fused-ring (bicyclic) bond motifs is 1. The highest BCUT2D eigenvalue weighted by Crippen LogP contribution is 2.38. The van der Waals surface area contributed by atoms with Crippen molar-refractivity contribution in [3.63, 3.8) is 0 Å². The molecule has 5 rings (SSSR count). The van der Waals surface area contributed by atoms with Crippen molar-refractivity contribution in [2.24, 2.45) is 0 Å². The van der Waals surface area contributed by atoms with Crippen LogP contribution in [0.3, 0.4) is 0 Å². The molecule has 0 aromatic carbocycles. The van der Waals surface area contributed by atoms with E-state index in [0.29, 0.717) is 18.1 Å². The molecule has 9 nitrogen and oxygen atoms in total. The van der Waals surface area contributed by atoms with Gasteiger partial charge in [-0.3, -0.25) is 0 Å². The highest BCUT2D eigenvalue weighted by Gasteiger charge is 2.29. The number of aromatic nitrogens is 5. The van der Waals surface area contributed by atoms with E-state index in [9.17, 15) is 4.79 Å². The van der Waals surface area contributed by atoms with Gasteiger partial charge >= 0.3 is 5.97 Å². The molecular weight excluding hydrogens is 382 g/mol. The highest BCUT2D eigenvalue weighted by atomic mass is 16.5. The topological polar surface area (TPSA) is 88.8 Å². The van der Waals surface area contributed by atoms with Gasteiger partial charge in [0.2, 0.25) is 0 Å². The van der Waals surface area contributed by atoms with Gasteiger partial charge in [0.25, 0.3) is 0 Å². The summed E-state index contributed by atoms with van der Waals surface area (Å²) in [7, 11) is 0. The minimum absolute atomic E-state index is 0.334. The monoisotopic (exact) mass is 407 g/mol. The van der Waals surface area contributed by atoms with Gasteiger partial charge in [-0.25, -0.2) is 9.78 Å². The van der Waals surface area contributed by atoms with Crippen molar-refractivity contribution in [1.29, 1.82) is 0 Å². The summed E-state index contributed by atoms with van der Waals surface area (Å²) in [5.41, 5.74) is 1.29. The zero-order chi connectivity index (χ0) is 20.5. The number of esters is 1. The Labute approximate surface area is 174 Å². The summed E-state index contributed by atoms with van der Waals surface area (Å²) < 4.78 is 6.94. The number of hydrogen-bond donors (Lipinski definition) is 0. The molecule has 1 aliphatic carbocycles. The zero-order valence-electron chi connectivity index (χ0n) is 17.1. The van der Waals surface area contributed by atoms with Crippen LogP contribution in [0.5, 0.6) is 0 Å². The minimum atomic E-state index is -0.334. The Morgan fingerprint density at radius 1 is 1.03 bits per heavy atom. The largest absolute Gasteiger partial charge is 0.462 e. The molecule has 3 aromatic heterocycles. The van der Waals surface area contributed by atoms with Crippen molar-refractivity contribution in [2.45, 2.75) is 32.1 Å². The lowest BCUT2D eigenvalue weighted by molar-refractivity contribution is 0.0526. The molecule has 2 fully saturated rings. The number of anilines is 2. The SMILES string of the molecule is CCOC(=O)c1ccc(N2CCCN(c3ccc4nnc(C5CC5)n4n3)CC2)nc1. The fourth-order valence-electron chi connectivity index (χ4n) is 3.84. The molecule has 0 N–H and O–H groups in total.